The van der Waals surface area contributed by atoms with Crippen LogP contribution >= 0.6 is 22.6 Å². The second-order valence-electron chi connectivity index (χ2n) is 2.46. The lowest BCUT2D eigenvalue weighted by molar-refractivity contribution is 0.960. The molecule has 0 N–H and O–H groups in total. The van der Waals surface area contributed by atoms with Gasteiger partial charge in [-0.25, -0.2) is 4.98 Å². The van der Waals surface area contributed by atoms with Gasteiger partial charge in [0.2, 0.25) is 0 Å². The van der Waals surface area contributed by atoms with Crippen LogP contribution in [0.25, 0.3) is 0 Å². The summed E-state index contributed by atoms with van der Waals surface area (Å²) in [4.78, 5) is 8.24. The highest BCUT2D eigenvalue weighted by molar-refractivity contribution is 14.1. The molecule has 1 aromatic rings. The van der Waals surface area contributed by atoms with Crippen LogP contribution in [0.15, 0.2) is 6.20 Å². The molecule has 14 heavy (non-hydrogen) atoms. The molecular weight excluding hydrogens is 289 g/mol. The molecule has 0 aliphatic carbocycles. The van der Waals surface area contributed by atoms with Crippen LogP contribution in [0.2, 0.25) is 0 Å². The number of rotatable bonds is 1. The fourth-order valence-electron chi connectivity index (χ4n) is 0.801. The second kappa shape index (κ2) is 6.71. The molecule has 4 heteroatoms. The molecule has 1 unspecified atom stereocenters. The first-order valence-corrected chi connectivity index (χ1v) is 5.77. The van der Waals surface area contributed by atoms with Crippen LogP contribution < -0.4 is 0 Å². The summed E-state index contributed by atoms with van der Waals surface area (Å²) in [5.41, 5.74) is 2.04. The summed E-state index contributed by atoms with van der Waals surface area (Å²) in [6, 6.07) is 1.99. The van der Waals surface area contributed by atoms with Crippen LogP contribution in [-0.4, -0.2) is 9.97 Å². The first-order chi connectivity index (χ1) is 6.65. The first-order valence-electron chi connectivity index (χ1n) is 4.53. The maximum Gasteiger partial charge on any atom is 0.161 e. The topological polar surface area (TPSA) is 49.6 Å². The summed E-state index contributed by atoms with van der Waals surface area (Å²) in [7, 11) is 0. The van der Waals surface area contributed by atoms with Crippen molar-refractivity contribution in [2.24, 2.45) is 0 Å². The van der Waals surface area contributed by atoms with Gasteiger partial charge in [-0.2, -0.15) is 5.26 Å². The Morgan fingerprint density at radius 2 is 2.07 bits per heavy atom. The molecule has 0 amide bonds. The second-order valence-corrected chi connectivity index (χ2v) is 4.33. The molecule has 1 heterocycles. The summed E-state index contributed by atoms with van der Waals surface area (Å²) >= 11 is 2.26. The van der Waals surface area contributed by atoms with E-state index in [4.69, 9.17) is 5.26 Å². The SMILES string of the molecule is CC.Cc1nc(C(C)I)cnc1C#N. The molecule has 0 radical (unpaired) electrons. The Morgan fingerprint density at radius 1 is 1.50 bits per heavy atom. The van der Waals surface area contributed by atoms with Gasteiger partial charge in [0.05, 0.1) is 21.5 Å². The average molecular weight is 303 g/mol. The Hall–Kier alpha value is -0.700. The molecular formula is C10H14IN3. The van der Waals surface area contributed by atoms with E-state index in [0.717, 1.165) is 5.69 Å². The van der Waals surface area contributed by atoms with Crippen molar-refractivity contribution in [3.8, 4) is 6.07 Å². The molecule has 0 aromatic carbocycles. The predicted octanol–water partition coefficient (Wildman–Crippen LogP) is 3.18. The molecule has 1 rings (SSSR count). The van der Waals surface area contributed by atoms with Gasteiger partial charge in [0, 0.05) is 0 Å². The maximum atomic E-state index is 8.59. The standard InChI is InChI=1S/C8H8IN3.C2H6/c1-5(9)8-4-11-7(3-10)6(2)12-8;1-2/h4-5H,1-2H3;1-2H3. The van der Waals surface area contributed by atoms with Gasteiger partial charge in [-0.1, -0.05) is 36.4 Å². The molecule has 0 aliphatic heterocycles. The predicted molar refractivity (Wildman–Crippen MR) is 65.3 cm³/mol. The minimum absolute atomic E-state index is 0.335. The Kier molecular flexibility index (Phi) is 6.37. The van der Waals surface area contributed by atoms with Crippen LogP contribution in [0.5, 0.6) is 0 Å². The number of aryl methyl sites for hydroxylation is 1. The first kappa shape index (κ1) is 13.3. The number of hydrogen-bond donors (Lipinski definition) is 0. The lowest BCUT2D eigenvalue weighted by Gasteiger charge is -2.02. The highest BCUT2D eigenvalue weighted by Crippen LogP contribution is 2.19. The number of halogens is 1. The van der Waals surface area contributed by atoms with E-state index in [-0.39, 0.29) is 0 Å². The van der Waals surface area contributed by atoms with Gasteiger partial charge in [0.25, 0.3) is 0 Å². The van der Waals surface area contributed by atoms with E-state index in [1.165, 1.54) is 0 Å². The van der Waals surface area contributed by atoms with Crippen LogP contribution in [0.4, 0.5) is 0 Å². The molecule has 3 nitrogen and oxygen atoms in total. The normalized spacial score (nSPS) is 10.9. The lowest BCUT2D eigenvalue weighted by atomic mass is 10.3. The third-order valence-electron chi connectivity index (χ3n) is 1.48. The van der Waals surface area contributed by atoms with Gasteiger partial charge in [0.15, 0.2) is 5.69 Å². The van der Waals surface area contributed by atoms with Crippen molar-refractivity contribution in [2.45, 2.75) is 31.6 Å². The van der Waals surface area contributed by atoms with Crippen molar-refractivity contribution in [3.05, 3.63) is 23.3 Å². The summed E-state index contributed by atoms with van der Waals surface area (Å²) in [5.74, 6) is 0. The highest BCUT2D eigenvalue weighted by Gasteiger charge is 2.05. The zero-order valence-corrected chi connectivity index (χ0v) is 11.0. The quantitative estimate of drug-likeness (QED) is 0.591. The Bertz CT molecular complexity index is 329. The van der Waals surface area contributed by atoms with Crippen molar-refractivity contribution < 1.29 is 0 Å². The van der Waals surface area contributed by atoms with Crippen LogP contribution in [-0.2, 0) is 0 Å². The number of alkyl halides is 1. The summed E-state index contributed by atoms with van der Waals surface area (Å²) in [6.07, 6.45) is 1.66. The molecule has 0 saturated carbocycles. The number of nitriles is 1. The van der Waals surface area contributed by atoms with E-state index in [1.54, 1.807) is 13.1 Å². The van der Waals surface area contributed by atoms with Gasteiger partial charge < -0.3 is 0 Å². The van der Waals surface area contributed by atoms with E-state index >= 15 is 0 Å². The fourth-order valence-corrected chi connectivity index (χ4v) is 1.10. The number of nitrogens with zero attached hydrogens (tertiary/aromatic N) is 3. The number of hydrogen-bond acceptors (Lipinski definition) is 3. The van der Waals surface area contributed by atoms with Crippen LogP contribution in [0, 0.1) is 18.3 Å². The molecule has 76 valence electrons. The zero-order chi connectivity index (χ0) is 11.1. The highest BCUT2D eigenvalue weighted by atomic mass is 127. The summed E-state index contributed by atoms with van der Waals surface area (Å²) in [6.45, 7) is 7.84. The third-order valence-corrected chi connectivity index (χ3v) is 2.12. The molecule has 0 bridgehead atoms. The molecule has 1 atom stereocenters. The van der Waals surface area contributed by atoms with Crippen molar-refractivity contribution >= 4 is 22.6 Å². The van der Waals surface area contributed by atoms with Gasteiger partial charge in [-0.3, -0.25) is 4.98 Å². The minimum atomic E-state index is 0.335. The van der Waals surface area contributed by atoms with Crippen LogP contribution in [0.3, 0.4) is 0 Å². The van der Waals surface area contributed by atoms with Crippen molar-refractivity contribution in [1.29, 1.82) is 5.26 Å². The smallest absolute Gasteiger partial charge is 0.161 e. The summed E-state index contributed by atoms with van der Waals surface area (Å²) in [5, 5.41) is 8.59. The van der Waals surface area contributed by atoms with Gasteiger partial charge in [-0.15, -0.1) is 0 Å². The van der Waals surface area contributed by atoms with E-state index < -0.39 is 0 Å². The van der Waals surface area contributed by atoms with Crippen molar-refractivity contribution in [3.63, 3.8) is 0 Å². The van der Waals surface area contributed by atoms with E-state index in [9.17, 15) is 0 Å². The number of aromatic nitrogens is 2. The molecule has 0 saturated heterocycles. The lowest BCUT2D eigenvalue weighted by Crippen LogP contribution is -1.98. The van der Waals surface area contributed by atoms with E-state index in [1.807, 2.05) is 26.8 Å². The average Bonchev–Trinajstić information content (AvgIpc) is 2.20. The molecule has 0 aliphatic rings. The van der Waals surface area contributed by atoms with Crippen LogP contribution in [0.1, 0.15) is 41.8 Å². The Morgan fingerprint density at radius 3 is 2.43 bits per heavy atom. The summed E-state index contributed by atoms with van der Waals surface area (Å²) < 4.78 is 0.335. The fraction of sp³-hybridized carbons (Fsp3) is 0.500. The van der Waals surface area contributed by atoms with E-state index in [0.29, 0.717) is 15.3 Å². The third kappa shape index (κ3) is 3.58. The van der Waals surface area contributed by atoms with Crippen molar-refractivity contribution in [2.75, 3.05) is 0 Å². The minimum Gasteiger partial charge on any atom is -0.252 e. The Labute approximate surface area is 98.7 Å². The molecule has 0 fully saturated rings. The van der Waals surface area contributed by atoms with Gasteiger partial charge >= 0.3 is 0 Å². The van der Waals surface area contributed by atoms with Crippen molar-refractivity contribution in [1.82, 2.24) is 9.97 Å². The zero-order valence-electron chi connectivity index (χ0n) is 8.87. The monoisotopic (exact) mass is 303 g/mol. The molecule has 0 spiro atoms. The van der Waals surface area contributed by atoms with Gasteiger partial charge in [0.1, 0.15) is 6.07 Å². The maximum absolute atomic E-state index is 8.59. The van der Waals surface area contributed by atoms with Gasteiger partial charge in [-0.05, 0) is 13.8 Å². The molecule has 1 aromatic heterocycles. The largest absolute Gasteiger partial charge is 0.252 e. The van der Waals surface area contributed by atoms with E-state index in [2.05, 4.69) is 32.6 Å². The Balaban J connectivity index is 0.000000791.